The molecular weight excluding hydrogens is 294 g/mol. The van der Waals surface area contributed by atoms with E-state index in [0.717, 1.165) is 11.4 Å². The summed E-state index contributed by atoms with van der Waals surface area (Å²) in [4.78, 5) is 4.35. The van der Waals surface area contributed by atoms with Crippen LogP contribution < -0.4 is 0 Å². The third-order valence-corrected chi connectivity index (χ3v) is 7.08. The second kappa shape index (κ2) is 5.39. The van der Waals surface area contributed by atoms with Crippen molar-refractivity contribution in [2.45, 2.75) is 45.0 Å². The zero-order chi connectivity index (χ0) is 14.2. The van der Waals surface area contributed by atoms with Gasteiger partial charge in [-0.05, 0) is 37.5 Å². The van der Waals surface area contributed by atoms with Crippen LogP contribution in [0, 0.1) is 11.3 Å². The molecule has 1 unspecified atom stereocenters. The molecule has 0 aliphatic heterocycles. The topological polar surface area (TPSA) is 56.3 Å². The molecule has 1 aromatic rings. The Hall–Kier alpha value is -0.460. The van der Waals surface area contributed by atoms with Crippen LogP contribution in [0.15, 0.2) is 5.38 Å². The maximum atomic E-state index is 12.2. The molecule has 6 heteroatoms. The predicted molar refractivity (Wildman–Crippen MR) is 79.3 cm³/mol. The lowest BCUT2D eigenvalue weighted by Gasteiger charge is -2.26. The Morgan fingerprint density at radius 2 is 2.30 bits per heavy atom. The molecule has 1 spiro atoms. The van der Waals surface area contributed by atoms with Gasteiger partial charge in [-0.2, -0.15) is 0 Å². The van der Waals surface area contributed by atoms with Crippen molar-refractivity contribution in [3.05, 3.63) is 16.1 Å². The molecule has 0 N–H and O–H groups in total. The first kappa shape index (κ1) is 14.5. The molecule has 0 aromatic carbocycles. The molecule has 2 aliphatic carbocycles. The van der Waals surface area contributed by atoms with E-state index >= 15 is 0 Å². The van der Waals surface area contributed by atoms with Crippen LogP contribution in [0.25, 0.3) is 0 Å². The van der Waals surface area contributed by atoms with Crippen molar-refractivity contribution < 1.29 is 13.2 Å². The quantitative estimate of drug-likeness (QED) is 0.776. The summed E-state index contributed by atoms with van der Waals surface area (Å²) in [6, 6.07) is 0. The zero-order valence-corrected chi connectivity index (χ0v) is 13.4. The van der Waals surface area contributed by atoms with Gasteiger partial charge in [-0.15, -0.1) is 11.3 Å². The second-order valence-corrected chi connectivity index (χ2v) is 9.09. The molecule has 0 radical (unpaired) electrons. The number of hydrogen-bond donors (Lipinski definition) is 0. The number of rotatable bonds is 7. The first-order valence-corrected chi connectivity index (χ1v) is 9.94. The average Bonchev–Trinajstić information content (AvgIpc) is 2.89. The summed E-state index contributed by atoms with van der Waals surface area (Å²) in [5.41, 5.74) is 1.10. The molecule has 0 saturated heterocycles. The Bertz CT molecular complexity index is 575. The number of hydrogen-bond acceptors (Lipinski definition) is 5. The Labute approximate surface area is 124 Å². The second-order valence-electron chi connectivity index (χ2n) is 6.04. The van der Waals surface area contributed by atoms with Gasteiger partial charge >= 0.3 is 0 Å². The molecule has 20 heavy (non-hydrogen) atoms. The fourth-order valence-electron chi connectivity index (χ4n) is 3.17. The highest BCUT2D eigenvalue weighted by Crippen LogP contribution is 2.65. The van der Waals surface area contributed by atoms with Gasteiger partial charge in [0, 0.05) is 12.0 Å². The summed E-state index contributed by atoms with van der Waals surface area (Å²) in [6.07, 6.45) is 4.88. The first-order chi connectivity index (χ1) is 9.53. The van der Waals surface area contributed by atoms with E-state index in [0.29, 0.717) is 36.0 Å². The number of ether oxygens (including phenoxy) is 1. The average molecular weight is 315 g/mol. The standard InChI is InChI=1S/C14H21NO3S2/c1-2-18-7-13-15-12(8-19-13)10-20(16,17)9-11-6-14(11)4-3-5-14/h8,11H,2-7,9-10H2,1H3. The summed E-state index contributed by atoms with van der Waals surface area (Å²) in [7, 11) is -3.02. The summed E-state index contributed by atoms with van der Waals surface area (Å²) in [5.74, 6) is 0.857. The molecule has 2 saturated carbocycles. The van der Waals surface area contributed by atoms with Crippen molar-refractivity contribution in [2.24, 2.45) is 11.3 Å². The van der Waals surface area contributed by atoms with E-state index in [1.165, 1.54) is 30.6 Å². The minimum atomic E-state index is -3.02. The molecule has 112 valence electrons. The van der Waals surface area contributed by atoms with E-state index in [-0.39, 0.29) is 5.75 Å². The smallest absolute Gasteiger partial charge is 0.156 e. The molecule has 1 atom stereocenters. The largest absolute Gasteiger partial charge is 0.375 e. The monoisotopic (exact) mass is 315 g/mol. The van der Waals surface area contributed by atoms with Gasteiger partial charge in [0.15, 0.2) is 9.84 Å². The zero-order valence-electron chi connectivity index (χ0n) is 11.8. The van der Waals surface area contributed by atoms with Crippen molar-refractivity contribution in [2.75, 3.05) is 12.4 Å². The van der Waals surface area contributed by atoms with E-state index in [9.17, 15) is 8.42 Å². The number of aromatic nitrogens is 1. The molecule has 2 fully saturated rings. The number of thiazole rings is 1. The third-order valence-electron chi connectivity index (χ3n) is 4.56. The molecular formula is C14H21NO3S2. The van der Waals surface area contributed by atoms with Gasteiger partial charge in [0.25, 0.3) is 0 Å². The predicted octanol–water partition coefficient (Wildman–Crippen LogP) is 2.78. The maximum absolute atomic E-state index is 12.2. The molecule has 0 amide bonds. The molecule has 1 aromatic heterocycles. The van der Waals surface area contributed by atoms with Crippen LogP contribution in [0.3, 0.4) is 0 Å². The van der Waals surface area contributed by atoms with E-state index < -0.39 is 9.84 Å². The van der Waals surface area contributed by atoms with Crippen LogP contribution in [0.2, 0.25) is 0 Å². The Kier molecular flexibility index (Phi) is 3.90. The molecule has 0 bridgehead atoms. The fraction of sp³-hybridized carbons (Fsp3) is 0.786. The van der Waals surface area contributed by atoms with Gasteiger partial charge in [0.1, 0.15) is 5.01 Å². The van der Waals surface area contributed by atoms with E-state index in [1.54, 1.807) is 0 Å². The normalized spacial score (nSPS) is 23.8. The lowest BCUT2D eigenvalue weighted by molar-refractivity contribution is 0.134. The molecule has 3 rings (SSSR count). The van der Waals surface area contributed by atoms with Gasteiger partial charge in [-0.3, -0.25) is 0 Å². The maximum Gasteiger partial charge on any atom is 0.156 e. The van der Waals surface area contributed by atoms with Crippen LogP contribution in [-0.4, -0.2) is 25.8 Å². The van der Waals surface area contributed by atoms with Gasteiger partial charge in [0.2, 0.25) is 0 Å². The highest BCUT2D eigenvalue weighted by Gasteiger charge is 2.58. The van der Waals surface area contributed by atoms with Crippen LogP contribution >= 0.6 is 11.3 Å². The van der Waals surface area contributed by atoms with Crippen LogP contribution in [0.4, 0.5) is 0 Å². The Balaban J connectivity index is 1.54. The molecule has 4 nitrogen and oxygen atoms in total. The van der Waals surface area contributed by atoms with E-state index in [2.05, 4.69) is 4.98 Å². The summed E-state index contributed by atoms with van der Waals surface area (Å²) in [5, 5.41) is 2.71. The van der Waals surface area contributed by atoms with Gasteiger partial charge in [-0.1, -0.05) is 6.42 Å². The first-order valence-electron chi connectivity index (χ1n) is 7.24. The van der Waals surface area contributed by atoms with E-state index in [1.807, 2.05) is 12.3 Å². The third kappa shape index (κ3) is 3.07. The van der Waals surface area contributed by atoms with Crippen molar-refractivity contribution in [1.29, 1.82) is 0 Å². The Morgan fingerprint density at radius 1 is 1.50 bits per heavy atom. The van der Waals surface area contributed by atoms with Crippen LogP contribution in [-0.2, 0) is 26.9 Å². The fourth-order valence-corrected chi connectivity index (χ4v) is 5.81. The van der Waals surface area contributed by atoms with Crippen molar-refractivity contribution in [3.63, 3.8) is 0 Å². The van der Waals surface area contributed by atoms with E-state index in [4.69, 9.17) is 4.74 Å². The highest BCUT2D eigenvalue weighted by atomic mass is 32.2. The lowest BCUT2D eigenvalue weighted by Crippen LogP contribution is -2.20. The van der Waals surface area contributed by atoms with Crippen LogP contribution in [0.5, 0.6) is 0 Å². The minimum absolute atomic E-state index is 0.0855. The van der Waals surface area contributed by atoms with Gasteiger partial charge in [0.05, 0.1) is 23.8 Å². The lowest BCUT2D eigenvalue weighted by atomic mass is 9.80. The van der Waals surface area contributed by atoms with Crippen molar-refractivity contribution in [3.8, 4) is 0 Å². The molecule has 1 heterocycles. The van der Waals surface area contributed by atoms with Gasteiger partial charge < -0.3 is 4.74 Å². The summed E-state index contributed by atoms with van der Waals surface area (Å²) < 4.78 is 29.8. The summed E-state index contributed by atoms with van der Waals surface area (Å²) >= 11 is 1.48. The number of sulfone groups is 1. The van der Waals surface area contributed by atoms with Crippen molar-refractivity contribution >= 4 is 21.2 Å². The van der Waals surface area contributed by atoms with Crippen molar-refractivity contribution in [1.82, 2.24) is 4.98 Å². The Morgan fingerprint density at radius 3 is 2.90 bits per heavy atom. The van der Waals surface area contributed by atoms with Gasteiger partial charge in [-0.25, -0.2) is 13.4 Å². The summed E-state index contributed by atoms with van der Waals surface area (Å²) in [6.45, 7) is 3.06. The molecule has 2 aliphatic rings. The SMILES string of the molecule is CCOCc1nc(CS(=O)(=O)CC2CC23CCC3)cs1. The minimum Gasteiger partial charge on any atom is -0.375 e. The number of nitrogens with zero attached hydrogens (tertiary/aromatic N) is 1. The van der Waals surface area contributed by atoms with Crippen LogP contribution in [0.1, 0.15) is 43.3 Å². The highest BCUT2D eigenvalue weighted by molar-refractivity contribution is 7.90.